The number of ether oxygens (including phenoxy) is 1. The second kappa shape index (κ2) is 8.29. The lowest BCUT2D eigenvalue weighted by Crippen LogP contribution is -2.34. The number of amides is 1. The number of hydrogen-bond donors (Lipinski definition) is 1. The van der Waals surface area contributed by atoms with Crippen molar-refractivity contribution in [1.82, 2.24) is 14.9 Å². The molecule has 128 valence electrons. The molecular weight excluding hydrogens is 306 g/mol. The minimum absolute atomic E-state index is 0.0423. The first kappa shape index (κ1) is 17.7. The van der Waals surface area contributed by atoms with Crippen LogP contribution in [0, 0.1) is 13.8 Å². The molecule has 6 nitrogen and oxygen atoms in total. The van der Waals surface area contributed by atoms with Crippen LogP contribution in [-0.4, -0.2) is 28.6 Å². The molecule has 0 fully saturated rings. The Morgan fingerprint density at radius 1 is 1.21 bits per heavy atom. The Labute approximate surface area is 141 Å². The molecule has 1 aromatic carbocycles. The van der Waals surface area contributed by atoms with Crippen LogP contribution in [0.25, 0.3) is 0 Å². The van der Waals surface area contributed by atoms with Gasteiger partial charge >= 0.3 is 0 Å². The van der Waals surface area contributed by atoms with Gasteiger partial charge in [0.05, 0.1) is 12.9 Å². The van der Waals surface area contributed by atoms with E-state index >= 15 is 0 Å². The van der Waals surface area contributed by atoms with E-state index in [4.69, 9.17) is 4.74 Å². The quantitative estimate of drug-likeness (QED) is 0.784. The molecule has 0 saturated carbocycles. The van der Waals surface area contributed by atoms with E-state index in [1.807, 2.05) is 32.9 Å². The zero-order valence-electron chi connectivity index (χ0n) is 14.3. The summed E-state index contributed by atoms with van der Waals surface area (Å²) >= 11 is 0. The predicted molar refractivity (Wildman–Crippen MR) is 92.3 cm³/mol. The summed E-state index contributed by atoms with van der Waals surface area (Å²) in [7, 11) is 0. The first-order chi connectivity index (χ1) is 11.5. The van der Waals surface area contributed by atoms with Gasteiger partial charge in [-0.1, -0.05) is 13.0 Å². The van der Waals surface area contributed by atoms with Gasteiger partial charge in [0.2, 0.25) is 5.91 Å². The van der Waals surface area contributed by atoms with E-state index in [1.54, 1.807) is 0 Å². The summed E-state index contributed by atoms with van der Waals surface area (Å²) in [5.41, 5.74) is 2.77. The minimum atomic E-state index is -0.243. The molecule has 0 aliphatic heterocycles. The summed E-state index contributed by atoms with van der Waals surface area (Å²) in [5.74, 6) is 0.546. The molecule has 0 unspecified atom stereocenters. The van der Waals surface area contributed by atoms with Gasteiger partial charge in [0.1, 0.15) is 18.9 Å². The van der Waals surface area contributed by atoms with Crippen molar-refractivity contribution in [3.63, 3.8) is 0 Å². The molecule has 2 rings (SSSR count). The molecule has 1 N–H and O–H groups in total. The van der Waals surface area contributed by atoms with Crippen molar-refractivity contribution in [3.05, 3.63) is 57.8 Å². The Bertz CT molecular complexity index is 748. The van der Waals surface area contributed by atoms with E-state index < -0.39 is 0 Å². The maximum atomic E-state index is 11.9. The molecule has 1 heterocycles. The summed E-state index contributed by atoms with van der Waals surface area (Å²) in [6.07, 6.45) is 2.10. The Balaban J connectivity index is 1.78. The maximum Gasteiger partial charge on any atom is 0.253 e. The van der Waals surface area contributed by atoms with Gasteiger partial charge in [0, 0.05) is 11.8 Å². The van der Waals surface area contributed by atoms with Crippen LogP contribution < -0.4 is 15.6 Å². The third-order valence-electron chi connectivity index (χ3n) is 3.50. The highest BCUT2D eigenvalue weighted by Gasteiger charge is 2.05. The number of benzene rings is 1. The van der Waals surface area contributed by atoms with E-state index in [2.05, 4.69) is 16.4 Å². The largest absolute Gasteiger partial charge is 0.492 e. The topological polar surface area (TPSA) is 73.2 Å². The van der Waals surface area contributed by atoms with Crippen LogP contribution in [0.15, 0.2) is 35.4 Å². The Kier molecular flexibility index (Phi) is 6.12. The van der Waals surface area contributed by atoms with Crippen molar-refractivity contribution in [2.24, 2.45) is 0 Å². The van der Waals surface area contributed by atoms with Crippen molar-refractivity contribution >= 4 is 5.91 Å². The Morgan fingerprint density at radius 2 is 1.92 bits per heavy atom. The van der Waals surface area contributed by atoms with Crippen molar-refractivity contribution in [1.29, 1.82) is 0 Å². The van der Waals surface area contributed by atoms with Gasteiger partial charge in [0.25, 0.3) is 5.56 Å². The van der Waals surface area contributed by atoms with E-state index in [9.17, 15) is 9.59 Å². The molecule has 6 heteroatoms. The van der Waals surface area contributed by atoms with Crippen LogP contribution in [0.5, 0.6) is 5.75 Å². The van der Waals surface area contributed by atoms with Crippen LogP contribution in [0.3, 0.4) is 0 Å². The normalized spacial score (nSPS) is 10.5. The number of aromatic nitrogens is 2. The zero-order valence-corrected chi connectivity index (χ0v) is 14.3. The van der Waals surface area contributed by atoms with Gasteiger partial charge in [-0.25, -0.2) is 4.98 Å². The number of rotatable bonds is 7. The molecule has 0 saturated heterocycles. The highest BCUT2D eigenvalue weighted by atomic mass is 16.5. The van der Waals surface area contributed by atoms with Crippen LogP contribution >= 0.6 is 0 Å². The smallest absolute Gasteiger partial charge is 0.253 e. The van der Waals surface area contributed by atoms with Gasteiger partial charge in [0.15, 0.2) is 0 Å². The highest BCUT2D eigenvalue weighted by Crippen LogP contribution is 2.15. The number of nitrogens with one attached hydrogen (secondary N) is 1. The van der Waals surface area contributed by atoms with Crippen LogP contribution in [0.4, 0.5) is 0 Å². The summed E-state index contributed by atoms with van der Waals surface area (Å²) in [5, 5.41) is 2.74. The second-order valence-corrected chi connectivity index (χ2v) is 5.72. The van der Waals surface area contributed by atoms with Crippen molar-refractivity contribution in [2.75, 3.05) is 13.2 Å². The fourth-order valence-corrected chi connectivity index (χ4v) is 2.36. The van der Waals surface area contributed by atoms with E-state index in [0.29, 0.717) is 19.6 Å². The van der Waals surface area contributed by atoms with Crippen LogP contribution in [-0.2, 0) is 17.8 Å². The Hall–Kier alpha value is -2.63. The molecule has 1 amide bonds. The number of aryl methyl sites for hydroxylation is 3. The lowest BCUT2D eigenvalue weighted by molar-refractivity contribution is -0.121. The molecule has 0 radical (unpaired) electrons. The lowest BCUT2D eigenvalue weighted by atomic mass is 10.1. The first-order valence-electron chi connectivity index (χ1n) is 8.01. The summed E-state index contributed by atoms with van der Waals surface area (Å²) < 4.78 is 6.92. The fourth-order valence-electron chi connectivity index (χ4n) is 2.36. The van der Waals surface area contributed by atoms with Crippen molar-refractivity contribution < 1.29 is 9.53 Å². The minimum Gasteiger partial charge on any atom is -0.492 e. The van der Waals surface area contributed by atoms with Crippen LogP contribution in [0.1, 0.15) is 23.7 Å². The number of hydrogen-bond acceptors (Lipinski definition) is 4. The zero-order chi connectivity index (χ0) is 17.5. The molecule has 1 aromatic heterocycles. The number of carbonyl (C=O) groups excluding carboxylic acids is 1. The molecule has 0 bridgehead atoms. The van der Waals surface area contributed by atoms with Crippen LogP contribution in [0.2, 0.25) is 0 Å². The third-order valence-corrected chi connectivity index (χ3v) is 3.50. The van der Waals surface area contributed by atoms with Gasteiger partial charge in [-0.05, 0) is 43.5 Å². The van der Waals surface area contributed by atoms with E-state index in [-0.39, 0.29) is 18.0 Å². The monoisotopic (exact) mass is 329 g/mol. The number of nitrogens with zero attached hydrogens (tertiary/aromatic N) is 2. The maximum absolute atomic E-state index is 11.9. The SMILES string of the molecule is CCc1cc(=O)n(CC(=O)NCCOc2cc(C)cc(C)c2)cn1. The molecule has 0 atom stereocenters. The molecule has 0 aliphatic rings. The second-order valence-electron chi connectivity index (χ2n) is 5.72. The average Bonchev–Trinajstić information content (AvgIpc) is 2.52. The first-order valence-corrected chi connectivity index (χ1v) is 8.01. The molecule has 0 spiro atoms. The van der Waals surface area contributed by atoms with Gasteiger partial charge in [-0.3, -0.25) is 14.2 Å². The van der Waals surface area contributed by atoms with Gasteiger partial charge in [-0.15, -0.1) is 0 Å². The third kappa shape index (κ3) is 5.22. The number of carbonyl (C=O) groups is 1. The van der Waals surface area contributed by atoms with Gasteiger partial charge in [-0.2, -0.15) is 0 Å². The van der Waals surface area contributed by atoms with E-state index in [0.717, 1.165) is 22.6 Å². The predicted octanol–water partition coefficient (Wildman–Crippen LogP) is 1.62. The Morgan fingerprint density at radius 3 is 2.54 bits per heavy atom. The highest BCUT2D eigenvalue weighted by molar-refractivity contribution is 5.75. The molecular formula is C18H23N3O3. The summed E-state index contributed by atoms with van der Waals surface area (Å²) in [6.45, 7) is 6.65. The lowest BCUT2D eigenvalue weighted by Gasteiger charge is -2.10. The van der Waals surface area contributed by atoms with Crippen molar-refractivity contribution in [2.45, 2.75) is 33.7 Å². The van der Waals surface area contributed by atoms with Crippen molar-refractivity contribution in [3.8, 4) is 5.75 Å². The summed E-state index contributed by atoms with van der Waals surface area (Å²) in [4.78, 5) is 27.8. The summed E-state index contributed by atoms with van der Waals surface area (Å²) in [6, 6.07) is 7.44. The van der Waals surface area contributed by atoms with Gasteiger partial charge < -0.3 is 10.1 Å². The molecule has 2 aromatic rings. The average molecular weight is 329 g/mol. The molecule has 0 aliphatic carbocycles. The fraction of sp³-hybridized carbons (Fsp3) is 0.389. The standard InChI is InChI=1S/C18H23N3O3/c1-4-15-10-18(23)21(12-20-15)11-17(22)19-5-6-24-16-8-13(2)7-14(3)9-16/h7-10,12H,4-6,11H2,1-3H3,(H,19,22). The van der Waals surface area contributed by atoms with E-state index in [1.165, 1.54) is 17.0 Å². The molecule has 24 heavy (non-hydrogen) atoms.